The maximum Gasteiger partial charge on any atom is 0.337 e. The molecule has 3 fully saturated rings. The number of carbonyl (C=O) groups excluding carboxylic acids is 2. The summed E-state index contributed by atoms with van der Waals surface area (Å²) in [6.45, 7) is 5.24. The van der Waals surface area contributed by atoms with Crippen LogP contribution < -0.4 is 4.74 Å². The first-order valence-electron chi connectivity index (χ1n) is 12.1. The fourth-order valence-electron chi connectivity index (χ4n) is 5.28. The Balaban J connectivity index is 1.62. The third-order valence-electron chi connectivity index (χ3n) is 7.01. The number of hydroxylamine groups is 2. The number of esters is 2. The highest BCUT2D eigenvalue weighted by atomic mass is 16.7. The largest absolute Gasteiger partial charge is 0.497 e. The van der Waals surface area contributed by atoms with Gasteiger partial charge in [-0.25, -0.2) is 4.79 Å². The Morgan fingerprint density at radius 1 is 1.03 bits per heavy atom. The third-order valence-corrected chi connectivity index (χ3v) is 7.01. The summed E-state index contributed by atoms with van der Waals surface area (Å²) in [5.41, 5.74) is 0.411. The summed E-state index contributed by atoms with van der Waals surface area (Å²) in [5, 5.41) is 1.73. The number of ether oxygens (including phenoxy) is 5. The number of hydrogen-bond donors (Lipinski definition) is 0. The number of benzene rings is 1. The molecule has 0 N–H and O–H groups in total. The van der Waals surface area contributed by atoms with Crippen LogP contribution in [0.3, 0.4) is 0 Å². The summed E-state index contributed by atoms with van der Waals surface area (Å²) in [7, 11) is 1.61. The first-order chi connectivity index (χ1) is 16.4. The van der Waals surface area contributed by atoms with E-state index in [0.717, 1.165) is 11.3 Å². The van der Waals surface area contributed by atoms with Gasteiger partial charge in [-0.2, -0.15) is 5.06 Å². The van der Waals surface area contributed by atoms with Crippen LogP contribution in [0.1, 0.15) is 51.5 Å². The average molecular weight is 478 g/mol. The van der Waals surface area contributed by atoms with Crippen LogP contribution in [-0.2, 0) is 39.8 Å². The standard InChI is InChI=1S/C25H35NO8/c1-4-30-22(27)20(16-18-6-8-19(29-3)9-7-18)26-24(17-21(34-26)23(28)31-5-2)10-12-25(13-11-24)32-14-15-33-25/h6-9,20-21H,4-5,10-17H2,1-3H3/t20-,21+/m0/s1. The molecule has 9 nitrogen and oxygen atoms in total. The predicted octanol–water partition coefficient (Wildman–Crippen LogP) is 2.79. The second-order valence-electron chi connectivity index (χ2n) is 9.03. The quantitative estimate of drug-likeness (QED) is 0.524. The molecular weight excluding hydrogens is 442 g/mol. The molecular formula is C25H35NO8. The Bertz CT molecular complexity index is 841. The first kappa shape index (κ1) is 24.9. The lowest BCUT2D eigenvalue weighted by Gasteiger charge is -2.46. The van der Waals surface area contributed by atoms with E-state index in [1.807, 2.05) is 24.3 Å². The van der Waals surface area contributed by atoms with Crippen molar-refractivity contribution in [3.63, 3.8) is 0 Å². The lowest BCUT2D eigenvalue weighted by Crippen LogP contribution is -2.56. The zero-order valence-electron chi connectivity index (χ0n) is 20.2. The van der Waals surface area contributed by atoms with E-state index in [2.05, 4.69) is 0 Å². The zero-order chi connectivity index (χ0) is 24.2. The summed E-state index contributed by atoms with van der Waals surface area (Å²) in [4.78, 5) is 32.1. The molecule has 2 aliphatic heterocycles. The smallest absolute Gasteiger partial charge is 0.337 e. The molecule has 2 heterocycles. The van der Waals surface area contributed by atoms with Gasteiger partial charge in [0.15, 0.2) is 11.9 Å². The highest BCUT2D eigenvalue weighted by Crippen LogP contribution is 2.49. The average Bonchev–Trinajstić information content (AvgIpc) is 3.46. The van der Waals surface area contributed by atoms with Gasteiger partial charge < -0.3 is 23.7 Å². The highest BCUT2D eigenvalue weighted by molar-refractivity contribution is 5.77. The van der Waals surface area contributed by atoms with E-state index in [0.29, 0.717) is 51.7 Å². The van der Waals surface area contributed by atoms with Gasteiger partial charge in [0.2, 0.25) is 0 Å². The Morgan fingerprint density at radius 3 is 2.26 bits per heavy atom. The fourth-order valence-corrected chi connectivity index (χ4v) is 5.28. The molecule has 34 heavy (non-hydrogen) atoms. The molecule has 1 aliphatic carbocycles. The molecule has 3 aliphatic rings. The molecule has 0 aromatic heterocycles. The van der Waals surface area contributed by atoms with Gasteiger partial charge in [0.05, 0.1) is 39.1 Å². The van der Waals surface area contributed by atoms with Crippen molar-refractivity contribution in [1.82, 2.24) is 5.06 Å². The van der Waals surface area contributed by atoms with E-state index in [4.69, 9.17) is 28.5 Å². The van der Waals surface area contributed by atoms with Gasteiger partial charge in [0, 0.05) is 25.7 Å². The van der Waals surface area contributed by atoms with E-state index in [1.54, 1.807) is 26.0 Å². The van der Waals surface area contributed by atoms with Crippen LogP contribution in [0.15, 0.2) is 24.3 Å². The minimum atomic E-state index is -0.771. The molecule has 0 bridgehead atoms. The fraction of sp³-hybridized carbons (Fsp3) is 0.680. The Hall–Kier alpha value is -2.20. The maximum absolute atomic E-state index is 13.2. The van der Waals surface area contributed by atoms with Crippen molar-refractivity contribution in [1.29, 1.82) is 0 Å². The minimum absolute atomic E-state index is 0.255. The normalized spacial score (nSPS) is 24.3. The summed E-state index contributed by atoms with van der Waals surface area (Å²) in [5.74, 6) is -0.628. The lowest BCUT2D eigenvalue weighted by atomic mass is 9.75. The summed E-state index contributed by atoms with van der Waals surface area (Å²) in [6, 6.07) is 6.85. The number of carbonyl (C=O) groups is 2. The topological polar surface area (TPSA) is 92.8 Å². The van der Waals surface area contributed by atoms with E-state index >= 15 is 0 Å². The first-order valence-corrected chi connectivity index (χ1v) is 12.1. The van der Waals surface area contributed by atoms with Gasteiger partial charge >= 0.3 is 11.9 Å². The van der Waals surface area contributed by atoms with Gasteiger partial charge in [0.25, 0.3) is 0 Å². The van der Waals surface area contributed by atoms with Crippen molar-refractivity contribution >= 4 is 11.9 Å². The van der Waals surface area contributed by atoms with Crippen molar-refractivity contribution in [3.05, 3.63) is 29.8 Å². The number of methoxy groups -OCH3 is 1. The van der Waals surface area contributed by atoms with Gasteiger partial charge in [-0.05, 0) is 44.4 Å². The predicted molar refractivity (Wildman–Crippen MR) is 121 cm³/mol. The van der Waals surface area contributed by atoms with Gasteiger partial charge in [-0.15, -0.1) is 0 Å². The molecule has 2 atom stereocenters. The Kier molecular flexibility index (Phi) is 7.77. The van der Waals surface area contributed by atoms with Gasteiger partial charge in [0.1, 0.15) is 11.8 Å². The summed E-state index contributed by atoms with van der Waals surface area (Å²) >= 11 is 0. The number of nitrogens with zero attached hydrogens (tertiary/aromatic N) is 1. The molecule has 188 valence electrons. The van der Waals surface area contributed by atoms with Crippen LogP contribution in [0.25, 0.3) is 0 Å². The molecule has 2 spiro atoms. The van der Waals surface area contributed by atoms with Crippen LogP contribution in [0.2, 0.25) is 0 Å². The number of hydrogen-bond acceptors (Lipinski definition) is 9. The van der Waals surface area contributed by atoms with Crippen LogP contribution in [-0.4, -0.2) is 74.0 Å². The van der Waals surface area contributed by atoms with Crippen molar-refractivity contribution in [2.24, 2.45) is 0 Å². The van der Waals surface area contributed by atoms with E-state index in [1.165, 1.54) is 0 Å². The van der Waals surface area contributed by atoms with E-state index in [-0.39, 0.29) is 19.2 Å². The molecule has 0 amide bonds. The molecule has 1 aromatic rings. The van der Waals surface area contributed by atoms with Crippen LogP contribution in [0.5, 0.6) is 5.75 Å². The molecule has 0 unspecified atom stereocenters. The second kappa shape index (κ2) is 10.6. The molecule has 9 heteroatoms. The highest BCUT2D eigenvalue weighted by Gasteiger charge is 2.58. The maximum atomic E-state index is 13.2. The van der Waals surface area contributed by atoms with Gasteiger partial charge in [-0.1, -0.05) is 12.1 Å². The third kappa shape index (κ3) is 5.07. The SMILES string of the molecule is CCOC(=O)[C@H]1CC2(CCC3(CC2)OCCO3)N([C@@H](Cc2ccc(OC)cc2)C(=O)OCC)O1. The monoisotopic (exact) mass is 477 g/mol. The Morgan fingerprint density at radius 2 is 1.68 bits per heavy atom. The molecule has 2 saturated heterocycles. The summed E-state index contributed by atoms with van der Waals surface area (Å²) < 4.78 is 27.8. The molecule has 4 rings (SSSR count). The van der Waals surface area contributed by atoms with E-state index in [9.17, 15) is 9.59 Å². The van der Waals surface area contributed by atoms with Crippen molar-refractivity contribution in [2.45, 2.75) is 75.8 Å². The van der Waals surface area contributed by atoms with Crippen LogP contribution in [0, 0.1) is 0 Å². The summed E-state index contributed by atoms with van der Waals surface area (Å²) in [6.07, 6.45) is 2.72. The molecule has 1 aromatic carbocycles. The van der Waals surface area contributed by atoms with Crippen molar-refractivity contribution < 1.29 is 38.1 Å². The number of rotatable bonds is 8. The Labute approximate surface area is 200 Å². The van der Waals surface area contributed by atoms with Crippen molar-refractivity contribution in [2.75, 3.05) is 33.5 Å². The second-order valence-corrected chi connectivity index (χ2v) is 9.03. The van der Waals surface area contributed by atoms with Crippen molar-refractivity contribution in [3.8, 4) is 5.75 Å². The van der Waals surface area contributed by atoms with Gasteiger partial charge in [-0.3, -0.25) is 9.63 Å². The molecule has 1 saturated carbocycles. The van der Waals surface area contributed by atoms with Crippen LogP contribution >= 0.6 is 0 Å². The molecule has 0 radical (unpaired) electrons. The lowest BCUT2D eigenvalue weighted by molar-refractivity contribution is -0.249. The minimum Gasteiger partial charge on any atom is -0.497 e. The van der Waals surface area contributed by atoms with E-state index < -0.39 is 29.4 Å². The zero-order valence-corrected chi connectivity index (χ0v) is 20.2. The van der Waals surface area contributed by atoms with Crippen LogP contribution in [0.4, 0.5) is 0 Å².